The number of fused-ring (bicyclic) bond motifs is 2. The Morgan fingerprint density at radius 3 is 2.51 bits per heavy atom. The Hall–Kier alpha value is -3.81. The van der Waals surface area contributed by atoms with Crippen LogP contribution in [0.2, 0.25) is 0 Å². The predicted molar refractivity (Wildman–Crippen MR) is 147 cm³/mol. The summed E-state index contributed by atoms with van der Waals surface area (Å²) in [5.74, 6) is 0. The Balaban J connectivity index is 1.57. The molecule has 0 aliphatic carbocycles. The number of para-hydroxylation sites is 3. The molecule has 0 amide bonds. The van der Waals surface area contributed by atoms with Crippen molar-refractivity contribution in [3.63, 3.8) is 0 Å². The maximum atomic E-state index is 13.6. The first-order valence-corrected chi connectivity index (χ1v) is 13.0. The van der Waals surface area contributed by atoms with E-state index in [9.17, 15) is 4.79 Å². The van der Waals surface area contributed by atoms with Gasteiger partial charge in [-0.1, -0.05) is 54.2 Å². The van der Waals surface area contributed by atoms with Gasteiger partial charge < -0.3 is 5.32 Å². The molecule has 1 N–H and O–H groups in total. The van der Waals surface area contributed by atoms with Crippen LogP contribution in [0, 0.1) is 0 Å². The second-order valence-corrected chi connectivity index (χ2v) is 10.2. The van der Waals surface area contributed by atoms with Crippen molar-refractivity contribution in [1.29, 1.82) is 0 Å². The van der Waals surface area contributed by atoms with Crippen molar-refractivity contribution in [2.45, 2.75) is 18.4 Å². The zero-order chi connectivity index (χ0) is 23.8. The highest BCUT2D eigenvalue weighted by Gasteiger charge is 2.15. The van der Waals surface area contributed by atoms with Gasteiger partial charge in [-0.05, 0) is 55.5 Å². The second-order valence-electron chi connectivity index (χ2n) is 8.05. The van der Waals surface area contributed by atoms with Crippen molar-refractivity contribution in [2.24, 2.45) is 0 Å². The highest BCUT2D eigenvalue weighted by molar-refractivity contribution is 8.03. The minimum atomic E-state index is -0.0268. The Labute approximate surface area is 210 Å². The predicted octanol–water partition coefficient (Wildman–Crippen LogP) is 4.94. The third-order valence-electron chi connectivity index (χ3n) is 5.86. The normalized spacial score (nSPS) is 15.2. The summed E-state index contributed by atoms with van der Waals surface area (Å²) in [6.45, 7) is 2.56. The smallest absolute Gasteiger partial charge is 0.276 e. The number of allylic oxidation sites excluding steroid dienone is 1. The van der Waals surface area contributed by atoms with Gasteiger partial charge in [-0.25, -0.2) is 4.98 Å². The number of rotatable bonds is 4. The van der Waals surface area contributed by atoms with Crippen LogP contribution in [0.15, 0.2) is 99.7 Å². The number of imidazole rings is 1. The number of nitrogens with one attached hydrogen (secondary N) is 1. The molecule has 6 rings (SSSR count). The number of anilines is 1. The fourth-order valence-corrected chi connectivity index (χ4v) is 6.06. The van der Waals surface area contributed by atoms with Crippen molar-refractivity contribution < 1.29 is 0 Å². The van der Waals surface area contributed by atoms with E-state index in [1.807, 2.05) is 94.9 Å². The Morgan fingerprint density at radius 2 is 1.71 bits per heavy atom. The van der Waals surface area contributed by atoms with Gasteiger partial charge in [0, 0.05) is 23.2 Å². The fourth-order valence-electron chi connectivity index (χ4n) is 4.25. The lowest BCUT2D eigenvalue weighted by Crippen LogP contribution is -2.31. The average molecular weight is 495 g/mol. The van der Waals surface area contributed by atoms with Crippen molar-refractivity contribution in [2.75, 3.05) is 5.32 Å². The van der Waals surface area contributed by atoms with E-state index in [1.165, 1.54) is 4.90 Å². The first-order chi connectivity index (χ1) is 17.2. The summed E-state index contributed by atoms with van der Waals surface area (Å²) in [4.78, 5) is 19.6. The third kappa shape index (κ3) is 4.03. The molecule has 35 heavy (non-hydrogen) atoms. The molecule has 2 aromatic heterocycles. The number of aromatic nitrogens is 3. The number of thioether (sulfide) groups is 1. The monoisotopic (exact) mass is 494 g/mol. The zero-order valence-corrected chi connectivity index (χ0v) is 20.6. The quantitative estimate of drug-likeness (QED) is 0.385. The van der Waals surface area contributed by atoms with Crippen molar-refractivity contribution in [3.05, 3.63) is 116 Å². The molecular weight excluding hydrogens is 472 g/mol. The first kappa shape index (κ1) is 21.7. The van der Waals surface area contributed by atoms with Gasteiger partial charge >= 0.3 is 0 Å². The van der Waals surface area contributed by atoms with Crippen LogP contribution in [-0.2, 0) is 6.54 Å². The first-order valence-electron chi connectivity index (χ1n) is 11.4. The Kier molecular flexibility index (Phi) is 5.64. The lowest BCUT2D eigenvalue weighted by Gasteiger charge is -2.05. The molecule has 0 bridgehead atoms. The van der Waals surface area contributed by atoms with Gasteiger partial charge in [-0.3, -0.25) is 13.9 Å². The van der Waals surface area contributed by atoms with Gasteiger partial charge in [-0.15, -0.1) is 11.3 Å². The van der Waals surface area contributed by atoms with Gasteiger partial charge in [-0.2, -0.15) is 0 Å². The molecule has 1 aliphatic rings. The van der Waals surface area contributed by atoms with E-state index in [4.69, 9.17) is 4.98 Å². The third-order valence-corrected chi connectivity index (χ3v) is 7.88. The number of hydrogen-bond donors (Lipinski definition) is 1. The molecule has 3 aromatic carbocycles. The minimum Gasteiger partial charge on any atom is -0.349 e. The molecule has 7 heteroatoms. The SMILES string of the molecule is CCn1c(=O)c(=CC=C2Nc3ccccc3S2)n(-c2ccccc2)/c1=C\c1nc2ccccc2s1. The molecule has 0 spiro atoms. The van der Waals surface area contributed by atoms with E-state index >= 15 is 0 Å². The molecule has 0 saturated carbocycles. The molecule has 5 aromatic rings. The highest BCUT2D eigenvalue weighted by Crippen LogP contribution is 2.40. The van der Waals surface area contributed by atoms with Gasteiger partial charge in [0.25, 0.3) is 5.56 Å². The lowest BCUT2D eigenvalue weighted by molar-refractivity contribution is 0.699. The summed E-state index contributed by atoms with van der Waals surface area (Å²) in [7, 11) is 0. The molecular formula is C28H22N4OS2. The minimum absolute atomic E-state index is 0.0268. The van der Waals surface area contributed by atoms with Crippen LogP contribution in [0.4, 0.5) is 5.69 Å². The largest absolute Gasteiger partial charge is 0.349 e. The number of hydrogen-bond acceptors (Lipinski definition) is 5. The second kappa shape index (κ2) is 9.09. The van der Waals surface area contributed by atoms with Crippen molar-refractivity contribution in [3.8, 4) is 5.69 Å². The van der Waals surface area contributed by atoms with Crippen LogP contribution in [0.25, 0.3) is 28.1 Å². The van der Waals surface area contributed by atoms with Crippen LogP contribution in [0.5, 0.6) is 0 Å². The van der Waals surface area contributed by atoms with Crippen molar-refractivity contribution >= 4 is 51.2 Å². The summed E-state index contributed by atoms with van der Waals surface area (Å²) in [5, 5.41) is 5.90. The Bertz CT molecular complexity index is 1700. The van der Waals surface area contributed by atoms with Crippen LogP contribution < -0.4 is 21.7 Å². The molecule has 0 unspecified atom stereocenters. The Morgan fingerprint density at radius 1 is 0.943 bits per heavy atom. The molecule has 172 valence electrons. The zero-order valence-electron chi connectivity index (χ0n) is 19.0. The van der Waals surface area contributed by atoms with Gasteiger partial charge in [0.1, 0.15) is 15.8 Å². The van der Waals surface area contributed by atoms with E-state index in [1.54, 1.807) is 23.1 Å². The van der Waals surface area contributed by atoms with E-state index in [0.717, 1.165) is 37.1 Å². The number of nitrogens with zero attached hydrogens (tertiary/aromatic N) is 3. The maximum absolute atomic E-state index is 13.6. The molecule has 3 heterocycles. The standard InChI is InChI=1S/C28H22N4OS2/c1-2-31-27(18-26-30-21-13-7-9-15-24(21)35-26)32(19-10-4-3-5-11-19)22(28(31)33)16-17-25-29-20-12-6-8-14-23(20)34-25/h3-18,29H,2H2,1H3/b22-16?,25-17?,27-18-. The van der Waals surface area contributed by atoms with Crippen LogP contribution >= 0.6 is 23.1 Å². The molecule has 5 nitrogen and oxygen atoms in total. The van der Waals surface area contributed by atoms with Crippen LogP contribution in [0.1, 0.15) is 11.9 Å². The van der Waals surface area contributed by atoms with Crippen LogP contribution in [-0.4, -0.2) is 14.1 Å². The van der Waals surface area contributed by atoms with E-state index < -0.39 is 0 Å². The molecule has 1 aliphatic heterocycles. The summed E-state index contributed by atoms with van der Waals surface area (Å²) >= 11 is 3.30. The summed E-state index contributed by atoms with van der Waals surface area (Å²) < 4.78 is 4.97. The maximum Gasteiger partial charge on any atom is 0.276 e. The highest BCUT2D eigenvalue weighted by atomic mass is 32.2. The van der Waals surface area contributed by atoms with Gasteiger partial charge in [0.05, 0.1) is 20.9 Å². The van der Waals surface area contributed by atoms with E-state index in [0.29, 0.717) is 11.9 Å². The molecule has 0 saturated heterocycles. The summed E-state index contributed by atoms with van der Waals surface area (Å²) in [5.41, 5.74) is 3.77. The average Bonchev–Trinajstić information content (AvgIpc) is 3.56. The van der Waals surface area contributed by atoms with Crippen molar-refractivity contribution in [1.82, 2.24) is 14.1 Å². The van der Waals surface area contributed by atoms with E-state index in [2.05, 4.69) is 23.5 Å². The lowest BCUT2D eigenvalue weighted by atomic mass is 10.3. The van der Waals surface area contributed by atoms with Gasteiger partial charge in [0.2, 0.25) is 0 Å². The van der Waals surface area contributed by atoms with Gasteiger partial charge in [0.15, 0.2) is 0 Å². The number of thiazole rings is 1. The molecule has 0 radical (unpaired) electrons. The van der Waals surface area contributed by atoms with Crippen LogP contribution in [0.3, 0.4) is 0 Å². The molecule has 0 fully saturated rings. The summed E-state index contributed by atoms with van der Waals surface area (Å²) in [6, 6.07) is 26.3. The number of benzene rings is 3. The molecule has 0 atom stereocenters. The fraction of sp³-hybridized carbons (Fsp3) is 0.0714. The topological polar surface area (TPSA) is 51.9 Å². The summed E-state index contributed by atoms with van der Waals surface area (Å²) in [6.07, 6.45) is 5.92. The van der Waals surface area contributed by atoms with E-state index in [-0.39, 0.29) is 5.56 Å².